The van der Waals surface area contributed by atoms with Gasteiger partial charge in [-0.1, -0.05) is 12.1 Å². The van der Waals surface area contributed by atoms with E-state index in [1.165, 1.54) is 0 Å². The summed E-state index contributed by atoms with van der Waals surface area (Å²) in [4.78, 5) is 0. The molecule has 1 heterocycles. The van der Waals surface area contributed by atoms with Crippen LogP contribution in [0.25, 0.3) is 0 Å². The van der Waals surface area contributed by atoms with E-state index in [1.54, 1.807) is 0 Å². The van der Waals surface area contributed by atoms with Crippen molar-refractivity contribution in [3.05, 3.63) is 24.3 Å². The van der Waals surface area contributed by atoms with Crippen molar-refractivity contribution in [2.24, 2.45) is 0 Å². The molecule has 6 heteroatoms. The maximum Gasteiger partial charge on any atom is 0.382 e. The Labute approximate surface area is 108 Å². The van der Waals surface area contributed by atoms with Crippen LogP contribution in [0.15, 0.2) is 24.3 Å². The maximum absolute atomic E-state index is 5.63. The van der Waals surface area contributed by atoms with Crippen molar-refractivity contribution < 1.29 is 18.5 Å². The molecule has 5 nitrogen and oxygen atoms in total. The highest BCUT2D eigenvalue weighted by Crippen LogP contribution is 2.49. The molecule has 1 aromatic rings. The molecule has 0 spiro atoms. The number of benzene rings is 1. The van der Waals surface area contributed by atoms with Crippen LogP contribution in [0.3, 0.4) is 0 Å². The van der Waals surface area contributed by atoms with E-state index in [1.807, 2.05) is 38.1 Å². The summed E-state index contributed by atoms with van der Waals surface area (Å²) in [5.41, 5.74) is 0. The van der Waals surface area contributed by atoms with E-state index in [9.17, 15) is 0 Å². The molecule has 18 heavy (non-hydrogen) atoms. The van der Waals surface area contributed by atoms with Crippen molar-refractivity contribution in [1.82, 2.24) is 5.09 Å². The highest BCUT2D eigenvalue weighted by atomic mass is 31.2. The molecule has 1 aliphatic rings. The van der Waals surface area contributed by atoms with E-state index in [4.69, 9.17) is 18.5 Å². The first-order valence-corrected chi connectivity index (χ1v) is 7.23. The van der Waals surface area contributed by atoms with Crippen LogP contribution in [0.1, 0.15) is 13.8 Å². The number of hydrogen-bond acceptors (Lipinski definition) is 5. The van der Waals surface area contributed by atoms with Gasteiger partial charge in [-0.05, 0) is 26.0 Å². The molecule has 0 aliphatic carbocycles. The van der Waals surface area contributed by atoms with Crippen LogP contribution in [0.4, 0.5) is 0 Å². The monoisotopic (exact) mass is 271 g/mol. The van der Waals surface area contributed by atoms with Gasteiger partial charge < -0.3 is 18.5 Å². The SMILES string of the molecule is CCOC(CNP1Oc2ccccc2O1)OCC. The average Bonchev–Trinajstić information content (AvgIpc) is 2.79. The molecule has 0 unspecified atom stereocenters. The van der Waals surface area contributed by atoms with Crippen LogP contribution in [-0.2, 0) is 9.47 Å². The molecule has 0 radical (unpaired) electrons. The Balaban J connectivity index is 1.78. The fourth-order valence-corrected chi connectivity index (χ4v) is 2.67. The minimum Gasteiger partial charge on any atom is -0.423 e. The quantitative estimate of drug-likeness (QED) is 0.610. The molecule has 0 amide bonds. The average molecular weight is 271 g/mol. The molecular formula is C12H18NO4P. The Morgan fingerprint density at radius 3 is 2.17 bits per heavy atom. The van der Waals surface area contributed by atoms with Crippen molar-refractivity contribution in [1.29, 1.82) is 0 Å². The fraction of sp³-hybridized carbons (Fsp3) is 0.500. The number of para-hydroxylation sites is 2. The van der Waals surface area contributed by atoms with Gasteiger partial charge in [-0.25, -0.2) is 5.09 Å². The molecule has 2 rings (SSSR count). The summed E-state index contributed by atoms with van der Waals surface area (Å²) in [5.74, 6) is 1.56. The number of fused-ring (bicyclic) bond motifs is 1. The lowest BCUT2D eigenvalue weighted by Crippen LogP contribution is -2.30. The van der Waals surface area contributed by atoms with Gasteiger partial charge in [0.1, 0.15) is 0 Å². The van der Waals surface area contributed by atoms with Gasteiger partial charge >= 0.3 is 8.53 Å². The lowest BCUT2D eigenvalue weighted by molar-refractivity contribution is -0.130. The lowest BCUT2D eigenvalue weighted by Gasteiger charge is -2.18. The van der Waals surface area contributed by atoms with Crippen LogP contribution in [0, 0.1) is 0 Å². The van der Waals surface area contributed by atoms with E-state index in [-0.39, 0.29) is 6.29 Å². The van der Waals surface area contributed by atoms with Crippen LogP contribution in [0.5, 0.6) is 11.5 Å². The second-order valence-corrected chi connectivity index (χ2v) is 4.78. The Kier molecular flexibility index (Phi) is 5.20. The van der Waals surface area contributed by atoms with Crippen molar-refractivity contribution >= 4 is 8.53 Å². The van der Waals surface area contributed by atoms with Crippen LogP contribution in [-0.4, -0.2) is 26.0 Å². The van der Waals surface area contributed by atoms with E-state index >= 15 is 0 Å². The van der Waals surface area contributed by atoms with Gasteiger partial charge in [-0.2, -0.15) is 0 Å². The third kappa shape index (κ3) is 3.56. The van der Waals surface area contributed by atoms with Gasteiger partial charge in [0, 0.05) is 13.2 Å². The Morgan fingerprint density at radius 2 is 1.67 bits per heavy atom. The Morgan fingerprint density at radius 1 is 1.11 bits per heavy atom. The summed E-state index contributed by atoms with van der Waals surface area (Å²) in [7, 11) is -1.14. The summed E-state index contributed by atoms with van der Waals surface area (Å²) < 4.78 is 22.1. The van der Waals surface area contributed by atoms with Crippen LogP contribution in [0.2, 0.25) is 0 Å². The van der Waals surface area contributed by atoms with Crippen molar-refractivity contribution in [3.63, 3.8) is 0 Å². The molecule has 0 aromatic heterocycles. The lowest BCUT2D eigenvalue weighted by atomic mass is 10.3. The Hall–Kier alpha value is -0.870. The first kappa shape index (κ1) is 13.6. The van der Waals surface area contributed by atoms with Gasteiger partial charge in [0.15, 0.2) is 17.8 Å². The van der Waals surface area contributed by atoms with Gasteiger partial charge in [0.2, 0.25) is 0 Å². The second kappa shape index (κ2) is 6.90. The second-order valence-electron chi connectivity index (χ2n) is 3.59. The third-order valence-electron chi connectivity index (χ3n) is 2.30. The van der Waals surface area contributed by atoms with E-state index in [0.29, 0.717) is 19.8 Å². The molecule has 100 valence electrons. The molecule has 1 aromatic carbocycles. The topological polar surface area (TPSA) is 49.0 Å². The molecule has 1 N–H and O–H groups in total. The summed E-state index contributed by atoms with van der Waals surface area (Å²) in [6, 6.07) is 7.62. The van der Waals surface area contributed by atoms with Crippen LogP contribution < -0.4 is 14.1 Å². The van der Waals surface area contributed by atoms with E-state index in [2.05, 4.69) is 5.09 Å². The van der Waals surface area contributed by atoms with Crippen molar-refractivity contribution in [2.45, 2.75) is 20.1 Å². The zero-order valence-electron chi connectivity index (χ0n) is 10.6. The third-order valence-corrected chi connectivity index (χ3v) is 3.47. The standard InChI is InChI=1S/C12H18NO4P/c1-3-14-12(15-4-2)9-13-18-16-10-7-5-6-8-11(10)17-18/h5-8,12-13H,3-4,9H2,1-2H3. The minimum atomic E-state index is -1.14. The van der Waals surface area contributed by atoms with Gasteiger partial charge in [0.25, 0.3) is 0 Å². The van der Waals surface area contributed by atoms with E-state index in [0.717, 1.165) is 11.5 Å². The summed E-state index contributed by atoms with van der Waals surface area (Å²) >= 11 is 0. The maximum atomic E-state index is 5.63. The fourth-order valence-electron chi connectivity index (χ4n) is 1.55. The largest absolute Gasteiger partial charge is 0.423 e. The Bertz CT molecular complexity index is 346. The number of rotatable bonds is 7. The zero-order valence-corrected chi connectivity index (χ0v) is 11.5. The first-order chi connectivity index (χ1) is 8.83. The van der Waals surface area contributed by atoms with Crippen LogP contribution >= 0.6 is 8.53 Å². The van der Waals surface area contributed by atoms with Crippen molar-refractivity contribution in [2.75, 3.05) is 19.8 Å². The van der Waals surface area contributed by atoms with Gasteiger partial charge in [-0.15, -0.1) is 0 Å². The first-order valence-electron chi connectivity index (χ1n) is 6.05. The molecule has 0 saturated heterocycles. The van der Waals surface area contributed by atoms with Crippen molar-refractivity contribution in [3.8, 4) is 11.5 Å². The van der Waals surface area contributed by atoms with Gasteiger partial charge in [0.05, 0.1) is 6.54 Å². The summed E-state index contributed by atoms with van der Waals surface area (Å²) in [5, 5.41) is 3.17. The molecule has 0 fully saturated rings. The number of ether oxygens (including phenoxy) is 2. The molecule has 0 atom stereocenters. The summed E-state index contributed by atoms with van der Waals surface area (Å²) in [6.45, 7) is 5.66. The number of hydrogen-bond donors (Lipinski definition) is 1. The van der Waals surface area contributed by atoms with E-state index < -0.39 is 8.53 Å². The highest BCUT2D eigenvalue weighted by molar-refractivity contribution is 7.46. The van der Waals surface area contributed by atoms with Gasteiger partial charge in [-0.3, -0.25) is 0 Å². The molecular weight excluding hydrogens is 253 g/mol. The zero-order chi connectivity index (χ0) is 12.8. The predicted octanol–water partition coefficient (Wildman–Crippen LogP) is 2.67. The highest BCUT2D eigenvalue weighted by Gasteiger charge is 2.26. The summed E-state index contributed by atoms with van der Waals surface area (Å²) in [6.07, 6.45) is -0.265. The minimum absolute atomic E-state index is 0.265. The molecule has 0 bridgehead atoms. The number of nitrogens with one attached hydrogen (secondary N) is 1. The molecule has 1 aliphatic heterocycles. The smallest absolute Gasteiger partial charge is 0.382 e. The molecule has 0 saturated carbocycles. The normalized spacial score (nSPS) is 14.4. The predicted molar refractivity (Wildman–Crippen MR) is 69.7 cm³/mol.